The maximum atomic E-state index is 11.6. The van der Waals surface area contributed by atoms with Crippen molar-refractivity contribution in [2.75, 3.05) is 18.0 Å². The maximum Gasteiger partial charge on any atom is 0.237 e. The maximum absolute atomic E-state index is 11.6. The van der Waals surface area contributed by atoms with E-state index in [-0.39, 0.29) is 11.8 Å². The highest BCUT2D eigenvalue weighted by Crippen LogP contribution is 2.37. The van der Waals surface area contributed by atoms with Crippen LogP contribution in [0.1, 0.15) is 31.2 Å². The number of carbonyl (C=O) groups is 1. The van der Waals surface area contributed by atoms with Crippen LogP contribution in [-0.4, -0.2) is 24.5 Å². The molecule has 1 fully saturated rings. The molecule has 0 spiro atoms. The van der Waals surface area contributed by atoms with Crippen molar-refractivity contribution in [2.45, 2.75) is 37.6 Å². The molecule has 2 atom stereocenters. The summed E-state index contributed by atoms with van der Waals surface area (Å²) in [6.07, 6.45) is 4.84. The van der Waals surface area contributed by atoms with Crippen molar-refractivity contribution < 1.29 is 4.79 Å². The van der Waals surface area contributed by atoms with E-state index in [1.165, 1.54) is 11.3 Å². The Balaban J connectivity index is 1.65. The van der Waals surface area contributed by atoms with Crippen LogP contribution in [0.3, 0.4) is 0 Å². The second-order valence-electron chi connectivity index (χ2n) is 6.15. The number of nitrogens with zero attached hydrogens (tertiary/aromatic N) is 1. The first-order valence-corrected chi connectivity index (χ1v) is 7.53. The zero-order valence-corrected chi connectivity index (χ0v) is 11.8. The molecular weight excluding hydrogens is 250 g/mol. The molecule has 4 nitrogen and oxygen atoms in total. The van der Waals surface area contributed by atoms with Gasteiger partial charge in [0.25, 0.3) is 0 Å². The van der Waals surface area contributed by atoms with E-state index < -0.39 is 5.54 Å². The van der Waals surface area contributed by atoms with Crippen LogP contribution in [0.15, 0.2) is 24.3 Å². The molecule has 1 amide bonds. The number of nitrogens with two attached hydrogens (primary N) is 2. The summed E-state index contributed by atoms with van der Waals surface area (Å²) in [5.41, 5.74) is 13.7. The van der Waals surface area contributed by atoms with Gasteiger partial charge in [0.2, 0.25) is 5.91 Å². The Morgan fingerprint density at radius 1 is 1.40 bits per heavy atom. The Hall–Kier alpha value is -1.55. The lowest BCUT2D eigenvalue weighted by atomic mass is 9.85. The Morgan fingerprint density at radius 2 is 2.20 bits per heavy atom. The second kappa shape index (κ2) is 5.09. The zero-order chi connectivity index (χ0) is 14.2. The molecule has 0 radical (unpaired) electrons. The summed E-state index contributed by atoms with van der Waals surface area (Å²) >= 11 is 0. The molecule has 1 saturated carbocycles. The minimum absolute atomic E-state index is 0.229. The Bertz CT molecular complexity index is 516. The highest BCUT2D eigenvalue weighted by atomic mass is 16.1. The average molecular weight is 273 g/mol. The fraction of sp³-hybridized carbons (Fsp3) is 0.562. The molecule has 108 valence electrons. The van der Waals surface area contributed by atoms with Gasteiger partial charge >= 0.3 is 0 Å². The van der Waals surface area contributed by atoms with Gasteiger partial charge in [-0.1, -0.05) is 24.6 Å². The zero-order valence-electron chi connectivity index (χ0n) is 11.8. The molecule has 1 aliphatic heterocycles. The first-order valence-electron chi connectivity index (χ1n) is 7.53. The molecule has 1 heterocycles. The van der Waals surface area contributed by atoms with Gasteiger partial charge in [-0.05, 0) is 43.2 Å². The number of amides is 1. The van der Waals surface area contributed by atoms with Gasteiger partial charge in [-0.2, -0.15) is 0 Å². The third kappa shape index (κ3) is 2.18. The van der Waals surface area contributed by atoms with Gasteiger partial charge in [-0.15, -0.1) is 0 Å². The minimum atomic E-state index is -0.779. The number of carbonyl (C=O) groups excluding carboxylic acids is 1. The predicted molar refractivity (Wildman–Crippen MR) is 80.4 cm³/mol. The van der Waals surface area contributed by atoms with Crippen LogP contribution in [0, 0.1) is 5.92 Å². The fourth-order valence-corrected chi connectivity index (χ4v) is 3.78. The van der Waals surface area contributed by atoms with Gasteiger partial charge in [0, 0.05) is 18.8 Å². The second-order valence-corrected chi connectivity index (χ2v) is 6.15. The summed E-state index contributed by atoms with van der Waals surface area (Å²) in [5, 5.41) is 0. The molecule has 0 aromatic heterocycles. The lowest BCUT2D eigenvalue weighted by molar-refractivity contribution is -0.124. The van der Waals surface area contributed by atoms with Crippen LogP contribution in [0.25, 0.3) is 0 Å². The van der Waals surface area contributed by atoms with Gasteiger partial charge < -0.3 is 16.4 Å². The third-order valence-corrected chi connectivity index (χ3v) is 5.06. The minimum Gasteiger partial charge on any atom is -0.371 e. The molecule has 2 unspecified atom stereocenters. The van der Waals surface area contributed by atoms with E-state index in [0.717, 1.165) is 45.2 Å². The van der Waals surface area contributed by atoms with E-state index >= 15 is 0 Å². The van der Waals surface area contributed by atoms with E-state index in [1.807, 2.05) is 0 Å². The first kappa shape index (κ1) is 13.4. The molecule has 1 aromatic carbocycles. The lowest BCUT2D eigenvalue weighted by Crippen LogP contribution is -2.55. The van der Waals surface area contributed by atoms with Crippen LogP contribution in [0.4, 0.5) is 5.69 Å². The van der Waals surface area contributed by atoms with Gasteiger partial charge in [-0.3, -0.25) is 4.79 Å². The molecule has 0 bridgehead atoms. The fourth-order valence-electron chi connectivity index (χ4n) is 3.78. The molecule has 20 heavy (non-hydrogen) atoms. The van der Waals surface area contributed by atoms with Crippen molar-refractivity contribution in [3.8, 4) is 0 Å². The average Bonchev–Trinajstić information content (AvgIpc) is 3.01. The Kier molecular flexibility index (Phi) is 3.42. The smallest absolute Gasteiger partial charge is 0.237 e. The summed E-state index contributed by atoms with van der Waals surface area (Å²) in [6, 6.07) is 8.56. The summed E-state index contributed by atoms with van der Waals surface area (Å²) in [5.74, 6) is -0.102. The number of anilines is 1. The van der Waals surface area contributed by atoms with E-state index in [9.17, 15) is 4.79 Å². The topological polar surface area (TPSA) is 72.3 Å². The summed E-state index contributed by atoms with van der Waals surface area (Å²) in [6.45, 7) is 2.04. The quantitative estimate of drug-likeness (QED) is 0.871. The molecule has 2 aliphatic rings. The molecule has 4 N–H and O–H groups in total. The van der Waals surface area contributed by atoms with Crippen molar-refractivity contribution in [2.24, 2.45) is 17.4 Å². The van der Waals surface area contributed by atoms with Crippen LogP contribution in [0.2, 0.25) is 0 Å². The molecule has 3 rings (SSSR count). The van der Waals surface area contributed by atoms with Crippen molar-refractivity contribution in [1.29, 1.82) is 0 Å². The van der Waals surface area contributed by atoms with Gasteiger partial charge in [-0.25, -0.2) is 0 Å². The largest absolute Gasteiger partial charge is 0.371 e. The molecule has 4 heteroatoms. The first-order chi connectivity index (χ1) is 9.61. The van der Waals surface area contributed by atoms with Gasteiger partial charge in [0.05, 0.1) is 5.54 Å². The number of fused-ring (bicyclic) bond motifs is 1. The number of rotatable bonds is 4. The monoisotopic (exact) mass is 273 g/mol. The van der Waals surface area contributed by atoms with Crippen molar-refractivity contribution >= 4 is 11.6 Å². The lowest BCUT2D eigenvalue weighted by Gasteiger charge is -2.30. The summed E-state index contributed by atoms with van der Waals surface area (Å²) in [4.78, 5) is 14.0. The van der Waals surface area contributed by atoms with Crippen LogP contribution < -0.4 is 16.4 Å². The number of hydrogen-bond donors (Lipinski definition) is 2. The summed E-state index contributed by atoms with van der Waals surface area (Å²) < 4.78 is 0. The summed E-state index contributed by atoms with van der Waals surface area (Å²) in [7, 11) is 0. The predicted octanol–water partition coefficient (Wildman–Crippen LogP) is 1.42. The molecule has 1 aliphatic carbocycles. The highest BCUT2D eigenvalue weighted by molar-refractivity contribution is 5.85. The number of hydrogen-bond acceptors (Lipinski definition) is 3. The standard InChI is InChI=1S/C16H23N3O/c17-15(20)16(18)9-3-5-13(16)8-11-19-10-7-12-4-1-2-6-14(12)19/h1-2,4,6,13H,3,5,7-11,18H2,(H2,17,20). The van der Waals surface area contributed by atoms with Crippen molar-refractivity contribution in [3.05, 3.63) is 29.8 Å². The highest BCUT2D eigenvalue weighted by Gasteiger charge is 2.44. The molecule has 0 saturated heterocycles. The third-order valence-electron chi connectivity index (χ3n) is 5.06. The van der Waals surface area contributed by atoms with Crippen molar-refractivity contribution in [1.82, 2.24) is 0 Å². The van der Waals surface area contributed by atoms with Crippen LogP contribution in [0.5, 0.6) is 0 Å². The van der Waals surface area contributed by atoms with Gasteiger partial charge in [0.15, 0.2) is 0 Å². The SMILES string of the molecule is NC(=O)C1(N)CCCC1CCN1CCc2ccccc21. The Morgan fingerprint density at radius 3 is 3.00 bits per heavy atom. The van der Waals surface area contributed by atoms with Crippen LogP contribution in [-0.2, 0) is 11.2 Å². The number of para-hydroxylation sites is 1. The van der Waals surface area contributed by atoms with Gasteiger partial charge in [0.1, 0.15) is 0 Å². The van der Waals surface area contributed by atoms with Crippen molar-refractivity contribution in [3.63, 3.8) is 0 Å². The number of benzene rings is 1. The van der Waals surface area contributed by atoms with E-state index in [1.54, 1.807) is 0 Å². The number of primary amides is 1. The molecule has 1 aromatic rings. The van der Waals surface area contributed by atoms with E-state index in [0.29, 0.717) is 0 Å². The molecular formula is C16H23N3O. The Labute approximate surface area is 120 Å². The van der Waals surface area contributed by atoms with Crippen LogP contribution >= 0.6 is 0 Å². The van der Waals surface area contributed by atoms with E-state index in [2.05, 4.69) is 29.2 Å². The normalized spacial score (nSPS) is 28.6. The van der Waals surface area contributed by atoms with E-state index in [4.69, 9.17) is 11.5 Å².